The smallest absolute Gasteiger partial charge is 0.242 e. The topological polar surface area (TPSA) is 95.1 Å². The fourth-order valence-corrected chi connectivity index (χ4v) is 4.84. The first-order valence-corrected chi connectivity index (χ1v) is 10.1. The summed E-state index contributed by atoms with van der Waals surface area (Å²) in [6.45, 7) is 0.163. The van der Waals surface area contributed by atoms with Crippen LogP contribution >= 0.6 is 11.6 Å². The summed E-state index contributed by atoms with van der Waals surface area (Å²) in [6.07, 6.45) is 3.72. The molecule has 26 heavy (non-hydrogen) atoms. The second-order valence-corrected chi connectivity index (χ2v) is 8.81. The van der Waals surface area contributed by atoms with Crippen LogP contribution in [-0.4, -0.2) is 30.0 Å². The van der Waals surface area contributed by atoms with Gasteiger partial charge in [-0.15, -0.1) is 0 Å². The molecule has 0 radical (unpaired) electrons. The van der Waals surface area contributed by atoms with Crippen LogP contribution in [0.3, 0.4) is 0 Å². The number of hydrogen-bond donors (Lipinski definition) is 3. The van der Waals surface area contributed by atoms with Crippen molar-refractivity contribution in [3.05, 3.63) is 59.4 Å². The van der Waals surface area contributed by atoms with Crippen molar-refractivity contribution in [2.45, 2.75) is 23.8 Å². The van der Waals surface area contributed by atoms with Gasteiger partial charge in [0.2, 0.25) is 10.0 Å². The lowest BCUT2D eigenvalue weighted by atomic mass is 9.93. The van der Waals surface area contributed by atoms with Gasteiger partial charge in [-0.3, -0.25) is 0 Å². The van der Waals surface area contributed by atoms with Crippen LogP contribution in [0.1, 0.15) is 24.5 Å². The Morgan fingerprint density at radius 3 is 2.69 bits per heavy atom. The van der Waals surface area contributed by atoms with E-state index in [-0.39, 0.29) is 11.4 Å². The molecule has 0 bridgehead atoms. The molecule has 1 unspecified atom stereocenters. The third-order valence-corrected chi connectivity index (χ3v) is 6.72. The maximum atomic E-state index is 12.8. The molecular formula is C18H18ClN3O3S. The second-order valence-electron chi connectivity index (χ2n) is 6.67. The van der Waals surface area contributed by atoms with E-state index < -0.39 is 21.5 Å². The van der Waals surface area contributed by atoms with Gasteiger partial charge < -0.3 is 10.1 Å². The molecule has 1 fully saturated rings. The van der Waals surface area contributed by atoms with Crippen LogP contribution in [0.25, 0.3) is 11.0 Å². The predicted octanol–water partition coefficient (Wildman–Crippen LogP) is 3.01. The normalized spacial score (nSPS) is 17.3. The number of fused-ring (bicyclic) bond motifs is 1. The van der Waals surface area contributed by atoms with E-state index in [2.05, 4.69) is 14.7 Å². The first-order chi connectivity index (χ1) is 12.4. The Bertz CT molecular complexity index is 1050. The standard InChI is InChI=1S/C18H18ClN3O3S/c19-13-6-9-20-17-15(13)14(10-21-17)26(24,25)22-11-18(7-8-18)16(23)12-4-2-1-3-5-12/h1-6,9-10,16,22-23H,7-8,11H2,(H,20,21). The van der Waals surface area contributed by atoms with E-state index in [1.165, 1.54) is 12.4 Å². The van der Waals surface area contributed by atoms with Crippen LogP contribution in [-0.2, 0) is 10.0 Å². The predicted molar refractivity (Wildman–Crippen MR) is 99.4 cm³/mol. The Balaban J connectivity index is 1.57. The second kappa shape index (κ2) is 6.35. The van der Waals surface area contributed by atoms with Crippen LogP contribution in [0.5, 0.6) is 0 Å². The van der Waals surface area contributed by atoms with Gasteiger partial charge in [-0.05, 0) is 24.5 Å². The summed E-state index contributed by atoms with van der Waals surface area (Å²) in [5.74, 6) is 0. The van der Waals surface area contributed by atoms with Crippen molar-refractivity contribution in [2.75, 3.05) is 6.54 Å². The van der Waals surface area contributed by atoms with Gasteiger partial charge in [0.1, 0.15) is 10.5 Å². The van der Waals surface area contributed by atoms with Crippen LogP contribution in [0.2, 0.25) is 5.02 Å². The molecule has 0 aliphatic heterocycles. The molecule has 1 aliphatic rings. The van der Waals surface area contributed by atoms with E-state index in [1.54, 1.807) is 6.07 Å². The molecule has 136 valence electrons. The lowest BCUT2D eigenvalue weighted by Crippen LogP contribution is -2.33. The van der Waals surface area contributed by atoms with E-state index in [4.69, 9.17) is 11.6 Å². The van der Waals surface area contributed by atoms with Crippen molar-refractivity contribution in [3.63, 3.8) is 0 Å². The average Bonchev–Trinajstić information content (AvgIpc) is 3.30. The molecule has 2 heterocycles. The minimum Gasteiger partial charge on any atom is -0.388 e. The summed E-state index contributed by atoms with van der Waals surface area (Å²) in [6, 6.07) is 10.9. The lowest BCUT2D eigenvalue weighted by molar-refractivity contribution is 0.0953. The van der Waals surface area contributed by atoms with E-state index in [1.807, 2.05) is 30.3 Å². The average molecular weight is 392 g/mol. The fourth-order valence-electron chi connectivity index (χ4n) is 3.21. The number of aromatic nitrogens is 2. The van der Waals surface area contributed by atoms with Crippen molar-refractivity contribution in [3.8, 4) is 0 Å². The summed E-state index contributed by atoms with van der Waals surface area (Å²) in [4.78, 5) is 6.99. The number of halogens is 1. The van der Waals surface area contributed by atoms with E-state index >= 15 is 0 Å². The monoisotopic (exact) mass is 391 g/mol. The highest BCUT2D eigenvalue weighted by atomic mass is 35.5. The molecule has 6 nitrogen and oxygen atoms in total. The maximum Gasteiger partial charge on any atom is 0.242 e. The van der Waals surface area contributed by atoms with Crippen LogP contribution in [0, 0.1) is 5.41 Å². The summed E-state index contributed by atoms with van der Waals surface area (Å²) in [5.41, 5.74) is 0.745. The molecule has 8 heteroatoms. The largest absolute Gasteiger partial charge is 0.388 e. The minimum atomic E-state index is -3.79. The highest BCUT2D eigenvalue weighted by Gasteiger charge is 2.50. The third kappa shape index (κ3) is 3.01. The lowest BCUT2D eigenvalue weighted by Gasteiger charge is -2.23. The number of benzene rings is 1. The molecule has 1 atom stereocenters. The molecule has 3 aromatic rings. The van der Waals surface area contributed by atoms with E-state index in [0.717, 1.165) is 18.4 Å². The number of aliphatic hydroxyl groups excluding tert-OH is 1. The molecule has 2 aromatic heterocycles. The number of nitrogens with zero attached hydrogens (tertiary/aromatic N) is 1. The number of aliphatic hydroxyl groups is 1. The molecule has 1 aliphatic carbocycles. The van der Waals surface area contributed by atoms with Crippen molar-refractivity contribution in [1.82, 2.24) is 14.7 Å². The maximum absolute atomic E-state index is 12.8. The summed E-state index contributed by atoms with van der Waals surface area (Å²) in [5, 5.41) is 11.4. The number of H-pyrrole nitrogens is 1. The third-order valence-electron chi connectivity index (χ3n) is 4.98. The molecule has 1 saturated carbocycles. The zero-order chi connectivity index (χ0) is 18.4. The highest BCUT2D eigenvalue weighted by Crippen LogP contribution is 2.54. The number of pyridine rings is 1. The van der Waals surface area contributed by atoms with Crippen LogP contribution in [0.4, 0.5) is 0 Å². The Labute approximate surface area is 156 Å². The van der Waals surface area contributed by atoms with Crippen LogP contribution in [0.15, 0.2) is 53.7 Å². The SMILES string of the molecule is O=S(=O)(NCC1(C(O)c2ccccc2)CC1)c1c[nH]c2nccc(Cl)c12. The van der Waals surface area contributed by atoms with Gasteiger partial charge in [0.25, 0.3) is 0 Å². The summed E-state index contributed by atoms with van der Waals surface area (Å²) >= 11 is 6.15. The quantitative estimate of drug-likeness (QED) is 0.602. The molecule has 3 N–H and O–H groups in total. The molecular weight excluding hydrogens is 374 g/mol. The van der Waals surface area contributed by atoms with Gasteiger partial charge in [-0.25, -0.2) is 18.1 Å². The summed E-state index contributed by atoms with van der Waals surface area (Å²) in [7, 11) is -3.79. The van der Waals surface area contributed by atoms with Gasteiger partial charge in [0.05, 0.1) is 16.5 Å². The Hall–Kier alpha value is -1.93. The van der Waals surface area contributed by atoms with E-state index in [0.29, 0.717) is 16.1 Å². The Morgan fingerprint density at radius 2 is 2.00 bits per heavy atom. The molecule has 4 rings (SSSR count). The van der Waals surface area contributed by atoms with Gasteiger partial charge in [0, 0.05) is 24.4 Å². The number of nitrogens with one attached hydrogen (secondary N) is 2. The number of aromatic amines is 1. The Morgan fingerprint density at radius 1 is 1.27 bits per heavy atom. The van der Waals surface area contributed by atoms with Gasteiger partial charge >= 0.3 is 0 Å². The van der Waals surface area contributed by atoms with E-state index in [9.17, 15) is 13.5 Å². The number of rotatable bonds is 6. The molecule has 0 saturated heterocycles. The molecule has 0 amide bonds. The fraction of sp³-hybridized carbons (Fsp3) is 0.278. The van der Waals surface area contributed by atoms with Crippen molar-refractivity contribution < 1.29 is 13.5 Å². The van der Waals surface area contributed by atoms with Crippen molar-refractivity contribution in [2.24, 2.45) is 5.41 Å². The molecule has 1 aromatic carbocycles. The number of hydrogen-bond acceptors (Lipinski definition) is 4. The van der Waals surface area contributed by atoms with Crippen molar-refractivity contribution in [1.29, 1.82) is 0 Å². The number of sulfonamides is 1. The minimum absolute atomic E-state index is 0.0654. The van der Waals surface area contributed by atoms with Crippen molar-refractivity contribution >= 4 is 32.7 Å². The van der Waals surface area contributed by atoms with Gasteiger partial charge in [-0.2, -0.15) is 0 Å². The Kier molecular flexibility index (Phi) is 4.27. The first kappa shape index (κ1) is 17.5. The zero-order valence-electron chi connectivity index (χ0n) is 13.8. The van der Waals surface area contributed by atoms with Crippen LogP contribution < -0.4 is 4.72 Å². The highest BCUT2D eigenvalue weighted by molar-refractivity contribution is 7.89. The summed E-state index contributed by atoms with van der Waals surface area (Å²) < 4.78 is 28.2. The first-order valence-electron chi connectivity index (χ1n) is 8.27. The zero-order valence-corrected chi connectivity index (χ0v) is 15.4. The van der Waals surface area contributed by atoms with Gasteiger partial charge in [-0.1, -0.05) is 41.9 Å². The molecule has 0 spiro atoms. The van der Waals surface area contributed by atoms with Gasteiger partial charge in [0.15, 0.2) is 0 Å².